The van der Waals surface area contributed by atoms with E-state index in [1.807, 2.05) is 12.1 Å². The summed E-state index contributed by atoms with van der Waals surface area (Å²) in [7, 11) is 0. The van der Waals surface area contributed by atoms with E-state index in [1.54, 1.807) is 24.3 Å². The number of nitrogens with one attached hydrogen (secondary N) is 1. The summed E-state index contributed by atoms with van der Waals surface area (Å²) in [5.41, 5.74) is 0.760. The molecule has 1 heterocycles. The second kappa shape index (κ2) is 5.94. The molecule has 0 saturated heterocycles. The summed E-state index contributed by atoms with van der Waals surface area (Å²) in [4.78, 5) is 11.9. The van der Waals surface area contributed by atoms with Crippen LogP contribution in [0.1, 0.15) is 37.2 Å². The first kappa shape index (κ1) is 14.2. The van der Waals surface area contributed by atoms with Gasteiger partial charge in [-0.05, 0) is 48.7 Å². The normalized spacial score (nSPS) is 20.3. The van der Waals surface area contributed by atoms with Gasteiger partial charge in [0.1, 0.15) is 11.5 Å². The lowest BCUT2D eigenvalue weighted by Crippen LogP contribution is -2.11. The number of rotatable bonds is 5. The lowest BCUT2D eigenvalue weighted by molar-refractivity contribution is -0.116. The van der Waals surface area contributed by atoms with Crippen molar-refractivity contribution in [3.8, 4) is 0 Å². The first-order valence-electron chi connectivity index (χ1n) is 7.26. The predicted molar refractivity (Wildman–Crippen MR) is 83.6 cm³/mol. The van der Waals surface area contributed by atoms with Crippen LogP contribution in [0.2, 0.25) is 5.02 Å². The van der Waals surface area contributed by atoms with E-state index in [1.165, 1.54) is 6.42 Å². The molecule has 3 nitrogen and oxygen atoms in total. The van der Waals surface area contributed by atoms with E-state index < -0.39 is 0 Å². The number of hydrogen-bond acceptors (Lipinski definition) is 2. The van der Waals surface area contributed by atoms with Crippen molar-refractivity contribution in [1.29, 1.82) is 0 Å². The van der Waals surface area contributed by atoms with Crippen LogP contribution in [0.5, 0.6) is 0 Å². The quantitative estimate of drug-likeness (QED) is 0.875. The Morgan fingerprint density at radius 2 is 2.00 bits per heavy atom. The maximum absolute atomic E-state index is 11.9. The van der Waals surface area contributed by atoms with Gasteiger partial charge in [0.15, 0.2) is 0 Å². The Bertz CT molecular complexity index is 632. The maximum Gasteiger partial charge on any atom is 0.224 e. The fourth-order valence-electron chi connectivity index (χ4n) is 2.44. The highest BCUT2D eigenvalue weighted by Crippen LogP contribution is 2.47. The average molecular weight is 304 g/mol. The van der Waals surface area contributed by atoms with Gasteiger partial charge >= 0.3 is 0 Å². The fraction of sp³-hybridized carbons (Fsp3) is 0.353. The van der Waals surface area contributed by atoms with E-state index >= 15 is 0 Å². The van der Waals surface area contributed by atoms with Gasteiger partial charge in [0.25, 0.3) is 0 Å². The molecular formula is C17H18ClNO2. The van der Waals surface area contributed by atoms with Gasteiger partial charge in [-0.2, -0.15) is 0 Å². The highest BCUT2D eigenvalue weighted by molar-refractivity contribution is 6.30. The van der Waals surface area contributed by atoms with Crippen LogP contribution >= 0.6 is 11.6 Å². The Morgan fingerprint density at radius 1 is 1.29 bits per heavy atom. The van der Waals surface area contributed by atoms with E-state index in [-0.39, 0.29) is 5.91 Å². The lowest BCUT2D eigenvalue weighted by atomic mass is 10.2. The molecule has 1 aliphatic carbocycles. The van der Waals surface area contributed by atoms with Gasteiger partial charge < -0.3 is 9.73 Å². The molecule has 0 spiro atoms. The first-order valence-corrected chi connectivity index (χ1v) is 7.63. The number of aryl methyl sites for hydroxylation is 1. The zero-order valence-electron chi connectivity index (χ0n) is 11.9. The highest BCUT2D eigenvalue weighted by atomic mass is 35.5. The molecule has 0 bridgehead atoms. The second-order valence-corrected chi connectivity index (χ2v) is 6.12. The molecule has 1 aromatic heterocycles. The summed E-state index contributed by atoms with van der Waals surface area (Å²) >= 11 is 5.81. The maximum atomic E-state index is 11.9. The molecule has 2 atom stereocenters. The summed E-state index contributed by atoms with van der Waals surface area (Å²) in [5.74, 6) is 3.25. The van der Waals surface area contributed by atoms with Gasteiger partial charge in [0.05, 0.1) is 0 Å². The number of halogens is 1. The minimum atomic E-state index is -0.0185. The number of furan rings is 1. The Hall–Kier alpha value is -1.74. The van der Waals surface area contributed by atoms with Gasteiger partial charge in [-0.15, -0.1) is 0 Å². The molecule has 1 saturated carbocycles. The van der Waals surface area contributed by atoms with E-state index in [2.05, 4.69) is 12.2 Å². The third kappa shape index (κ3) is 3.67. The van der Waals surface area contributed by atoms with E-state index in [0.717, 1.165) is 23.1 Å². The van der Waals surface area contributed by atoms with Crippen LogP contribution in [0.25, 0.3) is 0 Å². The minimum absolute atomic E-state index is 0.0185. The molecule has 1 amide bonds. The van der Waals surface area contributed by atoms with Crippen molar-refractivity contribution < 1.29 is 9.21 Å². The molecule has 1 aromatic carbocycles. The third-order valence-electron chi connectivity index (χ3n) is 3.88. The van der Waals surface area contributed by atoms with Crippen molar-refractivity contribution >= 4 is 23.2 Å². The molecular weight excluding hydrogens is 286 g/mol. The highest BCUT2D eigenvalue weighted by Gasteiger charge is 2.36. The van der Waals surface area contributed by atoms with Crippen molar-refractivity contribution in [2.75, 3.05) is 5.32 Å². The van der Waals surface area contributed by atoms with E-state index in [9.17, 15) is 4.79 Å². The number of carbonyl (C=O) groups excluding carboxylic acids is 1. The summed E-state index contributed by atoms with van der Waals surface area (Å²) in [6.45, 7) is 2.23. The molecule has 3 rings (SSSR count). The van der Waals surface area contributed by atoms with Gasteiger partial charge in [0.2, 0.25) is 5.91 Å². The molecule has 0 aliphatic heterocycles. The fourth-order valence-corrected chi connectivity index (χ4v) is 2.57. The summed E-state index contributed by atoms with van der Waals surface area (Å²) in [5, 5.41) is 3.51. The average Bonchev–Trinajstić information content (AvgIpc) is 3.01. The second-order valence-electron chi connectivity index (χ2n) is 5.68. The van der Waals surface area contributed by atoms with Gasteiger partial charge in [0, 0.05) is 29.5 Å². The third-order valence-corrected chi connectivity index (χ3v) is 4.14. The molecule has 1 N–H and O–H groups in total. The largest absolute Gasteiger partial charge is 0.466 e. The summed E-state index contributed by atoms with van der Waals surface area (Å²) < 4.78 is 5.80. The monoisotopic (exact) mass is 303 g/mol. The number of carbonyl (C=O) groups is 1. The first-order chi connectivity index (χ1) is 10.1. The molecule has 0 radical (unpaired) electrons. The Balaban J connectivity index is 1.49. The smallest absolute Gasteiger partial charge is 0.224 e. The molecule has 4 heteroatoms. The number of benzene rings is 1. The van der Waals surface area contributed by atoms with Gasteiger partial charge in [-0.25, -0.2) is 0 Å². The van der Waals surface area contributed by atoms with E-state index in [0.29, 0.717) is 23.8 Å². The van der Waals surface area contributed by atoms with Crippen molar-refractivity contribution in [3.05, 3.63) is 52.9 Å². The van der Waals surface area contributed by atoms with E-state index in [4.69, 9.17) is 16.0 Å². The molecule has 1 fully saturated rings. The summed E-state index contributed by atoms with van der Waals surface area (Å²) in [6, 6.07) is 11.1. The van der Waals surface area contributed by atoms with Crippen molar-refractivity contribution in [1.82, 2.24) is 0 Å². The van der Waals surface area contributed by atoms with Crippen LogP contribution in [0.4, 0.5) is 5.69 Å². The molecule has 21 heavy (non-hydrogen) atoms. The van der Waals surface area contributed by atoms with Crippen molar-refractivity contribution in [3.63, 3.8) is 0 Å². The topological polar surface area (TPSA) is 42.2 Å². The Kier molecular flexibility index (Phi) is 4.02. The van der Waals surface area contributed by atoms with Crippen LogP contribution in [0.15, 0.2) is 40.8 Å². The Morgan fingerprint density at radius 3 is 2.67 bits per heavy atom. The predicted octanol–water partition coefficient (Wildman–Crippen LogP) is 4.63. The van der Waals surface area contributed by atoms with Crippen LogP contribution in [0, 0.1) is 5.92 Å². The molecule has 2 aromatic rings. The number of anilines is 1. The van der Waals surface area contributed by atoms with Crippen LogP contribution in [-0.2, 0) is 11.2 Å². The molecule has 110 valence electrons. The summed E-state index contributed by atoms with van der Waals surface area (Å²) in [6.07, 6.45) is 2.25. The van der Waals surface area contributed by atoms with Gasteiger partial charge in [-0.3, -0.25) is 4.79 Å². The zero-order valence-corrected chi connectivity index (χ0v) is 12.7. The molecule has 1 aliphatic rings. The SMILES string of the molecule is CC1CC1c1ccc(CCC(=O)Nc2ccc(Cl)cc2)o1. The minimum Gasteiger partial charge on any atom is -0.466 e. The molecule has 2 unspecified atom stereocenters. The number of hydrogen-bond donors (Lipinski definition) is 1. The van der Waals surface area contributed by atoms with Crippen molar-refractivity contribution in [2.24, 2.45) is 5.92 Å². The Labute approximate surface area is 129 Å². The lowest BCUT2D eigenvalue weighted by Gasteiger charge is -2.04. The zero-order chi connectivity index (χ0) is 14.8. The van der Waals surface area contributed by atoms with Crippen LogP contribution in [0.3, 0.4) is 0 Å². The van der Waals surface area contributed by atoms with Crippen LogP contribution in [-0.4, -0.2) is 5.91 Å². The van der Waals surface area contributed by atoms with Crippen molar-refractivity contribution in [2.45, 2.75) is 32.1 Å². The standard InChI is InChI=1S/C17H18ClNO2/c1-11-10-15(11)16-8-6-14(21-16)7-9-17(20)19-13-4-2-12(18)3-5-13/h2-6,8,11,15H,7,9-10H2,1H3,(H,19,20). The number of amides is 1. The van der Waals surface area contributed by atoms with Crippen LogP contribution < -0.4 is 5.32 Å². The van der Waals surface area contributed by atoms with Gasteiger partial charge in [-0.1, -0.05) is 18.5 Å².